The quantitative estimate of drug-likeness (QED) is 0.729. The minimum absolute atomic E-state index is 0.0223. The number of aryl methyl sites for hydroxylation is 1. The first kappa shape index (κ1) is 11.8. The molecule has 0 aliphatic carbocycles. The summed E-state index contributed by atoms with van der Waals surface area (Å²) < 4.78 is 1.67. The van der Waals surface area contributed by atoms with Crippen LogP contribution in [-0.2, 0) is 6.54 Å². The summed E-state index contributed by atoms with van der Waals surface area (Å²) in [6, 6.07) is 3.15. The van der Waals surface area contributed by atoms with Gasteiger partial charge in [-0.25, -0.2) is 0 Å². The highest BCUT2D eigenvalue weighted by atomic mass is 16.1. The Kier molecular flexibility index (Phi) is 4.37. The number of anilines is 1. The number of pyridine rings is 1. The van der Waals surface area contributed by atoms with Crippen molar-refractivity contribution in [2.24, 2.45) is 0 Å². The third kappa shape index (κ3) is 4.16. The highest BCUT2D eigenvalue weighted by molar-refractivity contribution is 5.33. The SMILES string of the molecule is CN(C)CCCCn1cc(N)ccc1=O. The number of unbranched alkanes of at least 4 members (excludes halogenated alkanes) is 1. The van der Waals surface area contributed by atoms with E-state index in [1.54, 1.807) is 16.8 Å². The third-order valence-corrected chi connectivity index (χ3v) is 2.26. The van der Waals surface area contributed by atoms with Crippen LogP contribution in [0.15, 0.2) is 23.1 Å². The Balaban J connectivity index is 2.43. The molecule has 0 radical (unpaired) electrons. The van der Waals surface area contributed by atoms with E-state index in [0.29, 0.717) is 5.69 Å². The van der Waals surface area contributed by atoms with Crippen molar-refractivity contribution in [3.8, 4) is 0 Å². The fourth-order valence-electron chi connectivity index (χ4n) is 1.43. The molecule has 0 amide bonds. The Morgan fingerprint density at radius 3 is 2.73 bits per heavy atom. The average molecular weight is 209 g/mol. The van der Waals surface area contributed by atoms with E-state index in [0.717, 1.165) is 25.9 Å². The van der Waals surface area contributed by atoms with Crippen molar-refractivity contribution < 1.29 is 0 Å². The summed E-state index contributed by atoms with van der Waals surface area (Å²) in [6.07, 6.45) is 3.80. The van der Waals surface area contributed by atoms with Gasteiger partial charge in [0.2, 0.25) is 0 Å². The lowest BCUT2D eigenvalue weighted by Gasteiger charge is -2.10. The maximum absolute atomic E-state index is 11.4. The van der Waals surface area contributed by atoms with Crippen LogP contribution in [0.5, 0.6) is 0 Å². The van der Waals surface area contributed by atoms with Crippen LogP contribution in [0.25, 0.3) is 0 Å². The summed E-state index contributed by atoms with van der Waals surface area (Å²) in [7, 11) is 4.10. The summed E-state index contributed by atoms with van der Waals surface area (Å²) in [5, 5.41) is 0. The highest BCUT2D eigenvalue weighted by Crippen LogP contribution is 1.99. The lowest BCUT2D eigenvalue weighted by molar-refractivity contribution is 0.387. The number of nitrogen functional groups attached to an aromatic ring is 1. The van der Waals surface area contributed by atoms with Gasteiger partial charge in [-0.15, -0.1) is 0 Å². The van der Waals surface area contributed by atoms with Crippen LogP contribution in [-0.4, -0.2) is 30.1 Å². The molecular weight excluding hydrogens is 190 g/mol. The summed E-state index contributed by atoms with van der Waals surface area (Å²) in [5.74, 6) is 0. The molecule has 0 fully saturated rings. The number of aromatic nitrogens is 1. The average Bonchev–Trinajstić information content (AvgIpc) is 2.17. The number of rotatable bonds is 5. The topological polar surface area (TPSA) is 51.3 Å². The van der Waals surface area contributed by atoms with Crippen LogP contribution in [0.4, 0.5) is 5.69 Å². The monoisotopic (exact) mass is 209 g/mol. The predicted octanol–water partition coefficient (Wildman–Crippen LogP) is 0.772. The normalized spacial score (nSPS) is 10.9. The van der Waals surface area contributed by atoms with Gasteiger partial charge in [-0.3, -0.25) is 4.79 Å². The van der Waals surface area contributed by atoms with Crippen LogP contribution >= 0.6 is 0 Å². The van der Waals surface area contributed by atoms with Gasteiger partial charge in [0.1, 0.15) is 0 Å². The number of hydrogen-bond acceptors (Lipinski definition) is 3. The molecule has 0 aromatic carbocycles. The van der Waals surface area contributed by atoms with E-state index >= 15 is 0 Å². The summed E-state index contributed by atoms with van der Waals surface area (Å²) in [6.45, 7) is 1.80. The van der Waals surface area contributed by atoms with E-state index in [-0.39, 0.29) is 5.56 Å². The molecule has 0 bridgehead atoms. The Morgan fingerprint density at radius 2 is 2.07 bits per heavy atom. The summed E-state index contributed by atoms with van der Waals surface area (Å²) in [4.78, 5) is 13.5. The lowest BCUT2D eigenvalue weighted by atomic mass is 10.3. The molecule has 2 N–H and O–H groups in total. The fraction of sp³-hybridized carbons (Fsp3) is 0.545. The van der Waals surface area contributed by atoms with E-state index < -0.39 is 0 Å². The molecule has 0 unspecified atom stereocenters. The van der Waals surface area contributed by atoms with Crippen LogP contribution < -0.4 is 11.3 Å². The maximum atomic E-state index is 11.4. The third-order valence-electron chi connectivity index (χ3n) is 2.26. The van der Waals surface area contributed by atoms with Gasteiger partial charge >= 0.3 is 0 Å². The standard InChI is InChI=1S/C11H19N3O/c1-13(2)7-3-4-8-14-9-10(12)5-6-11(14)15/h5-6,9H,3-4,7-8,12H2,1-2H3. The van der Waals surface area contributed by atoms with E-state index in [4.69, 9.17) is 5.73 Å². The molecule has 4 nitrogen and oxygen atoms in total. The van der Waals surface area contributed by atoms with Gasteiger partial charge in [0, 0.05) is 24.5 Å². The molecule has 0 aliphatic rings. The zero-order valence-corrected chi connectivity index (χ0v) is 9.44. The van der Waals surface area contributed by atoms with Gasteiger partial charge in [0.25, 0.3) is 5.56 Å². The second kappa shape index (κ2) is 5.56. The molecule has 0 atom stereocenters. The van der Waals surface area contributed by atoms with E-state index in [1.807, 2.05) is 14.1 Å². The van der Waals surface area contributed by atoms with Crippen LogP contribution in [0.1, 0.15) is 12.8 Å². The molecule has 1 rings (SSSR count). The molecule has 0 saturated heterocycles. The number of nitrogens with two attached hydrogens (primary N) is 1. The molecule has 0 aliphatic heterocycles. The smallest absolute Gasteiger partial charge is 0.250 e. The molecule has 0 saturated carbocycles. The van der Waals surface area contributed by atoms with Crippen molar-refractivity contribution in [1.29, 1.82) is 0 Å². The lowest BCUT2D eigenvalue weighted by Crippen LogP contribution is -2.20. The Hall–Kier alpha value is -1.29. The number of hydrogen-bond donors (Lipinski definition) is 1. The molecule has 1 aromatic rings. The second-order valence-corrected chi connectivity index (χ2v) is 4.00. The predicted molar refractivity (Wildman–Crippen MR) is 62.9 cm³/mol. The molecule has 84 valence electrons. The van der Waals surface area contributed by atoms with Gasteiger partial charge in [-0.2, -0.15) is 0 Å². The Labute approximate surface area is 90.3 Å². The van der Waals surface area contributed by atoms with Crippen molar-refractivity contribution in [2.75, 3.05) is 26.4 Å². The van der Waals surface area contributed by atoms with Crippen molar-refractivity contribution in [1.82, 2.24) is 9.47 Å². The number of nitrogens with zero attached hydrogens (tertiary/aromatic N) is 2. The highest BCUT2D eigenvalue weighted by Gasteiger charge is 1.97. The van der Waals surface area contributed by atoms with Crippen molar-refractivity contribution in [3.05, 3.63) is 28.7 Å². The van der Waals surface area contributed by atoms with E-state index in [9.17, 15) is 4.79 Å². The molecule has 1 heterocycles. The first-order chi connectivity index (χ1) is 7.09. The molecule has 15 heavy (non-hydrogen) atoms. The first-order valence-corrected chi connectivity index (χ1v) is 5.20. The summed E-state index contributed by atoms with van der Waals surface area (Å²) >= 11 is 0. The minimum atomic E-state index is 0.0223. The maximum Gasteiger partial charge on any atom is 0.250 e. The van der Waals surface area contributed by atoms with Gasteiger partial charge in [-0.05, 0) is 39.5 Å². The first-order valence-electron chi connectivity index (χ1n) is 5.20. The Bertz CT molecular complexity index is 357. The van der Waals surface area contributed by atoms with Gasteiger partial charge in [0.15, 0.2) is 0 Å². The zero-order chi connectivity index (χ0) is 11.3. The molecule has 0 spiro atoms. The molecule has 4 heteroatoms. The van der Waals surface area contributed by atoms with Crippen molar-refractivity contribution >= 4 is 5.69 Å². The molecular formula is C11H19N3O. The fourth-order valence-corrected chi connectivity index (χ4v) is 1.43. The summed E-state index contributed by atoms with van der Waals surface area (Å²) in [5.41, 5.74) is 6.28. The zero-order valence-electron chi connectivity index (χ0n) is 9.44. The van der Waals surface area contributed by atoms with Crippen LogP contribution in [0.3, 0.4) is 0 Å². The Morgan fingerprint density at radius 1 is 1.33 bits per heavy atom. The van der Waals surface area contributed by atoms with Crippen LogP contribution in [0.2, 0.25) is 0 Å². The molecule has 1 aromatic heterocycles. The second-order valence-electron chi connectivity index (χ2n) is 4.00. The van der Waals surface area contributed by atoms with Crippen molar-refractivity contribution in [3.63, 3.8) is 0 Å². The van der Waals surface area contributed by atoms with Gasteiger partial charge in [0.05, 0.1) is 0 Å². The van der Waals surface area contributed by atoms with Crippen molar-refractivity contribution in [2.45, 2.75) is 19.4 Å². The van der Waals surface area contributed by atoms with Crippen LogP contribution in [0, 0.1) is 0 Å². The largest absolute Gasteiger partial charge is 0.398 e. The van der Waals surface area contributed by atoms with Gasteiger partial charge in [-0.1, -0.05) is 0 Å². The van der Waals surface area contributed by atoms with E-state index in [1.165, 1.54) is 6.07 Å². The van der Waals surface area contributed by atoms with Gasteiger partial charge < -0.3 is 15.2 Å². The van der Waals surface area contributed by atoms with E-state index in [2.05, 4.69) is 4.90 Å². The minimum Gasteiger partial charge on any atom is -0.398 e.